The van der Waals surface area contributed by atoms with E-state index in [9.17, 15) is 0 Å². The third-order valence-corrected chi connectivity index (χ3v) is 5.88. The van der Waals surface area contributed by atoms with E-state index >= 15 is 0 Å². The van der Waals surface area contributed by atoms with Crippen LogP contribution in [0, 0.1) is 0 Å². The van der Waals surface area contributed by atoms with Crippen LogP contribution in [-0.2, 0) is 10.8 Å². The zero-order valence-corrected chi connectivity index (χ0v) is 17.0. The summed E-state index contributed by atoms with van der Waals surface area (Å²) >= 11 is 0. The fourth-order valence-electron chi connectivity index (χ4n) is 4.23. The van der Waals surface area contributed by atoms with E-state index in [1.54, 1.807) is 0 Å². The van der Waals surface area contributed by atoms with E-state index in [2.05, 4.69) is 96.2 Å². The van der Waals surface area contributed by atoms with E-state index < -0.39 is 0 Å². The van der Waals surface area contributed by atoms with Gasteiger partial charge in [0.2, 0.25) is 0 Å². The molecule has 0 atom stereocenters. The first-order valence-corrected chi connectivity index (χ1v) is 9.82. The molecule has 0 fully saturated rings. The Bertz CT molecular complexity index is 860. The zero-order chi connectivity index (χ0) is 18.7. The van der Waals surface area contributed by atoms with Gasteiger partial charge in [0.15, 0.2) is 0 Å². The lowest BCUT2D eigenvalue weighted by atomic mass is 9.83. The molecule has 4 rings (SSSR count). The SMILES string of the molecule is CC(C)(C)c1ccc2c(c1)-c1cc(C(C)(C)C)ccc1C2C1=CCC=C1. The van der Waals surface area contributed by atoms with Gasteiger partial charge >= 0.3 is 0 Å². The Morgan fingerprint density at radius 1 is 0.731 bits per heavy atom. The molecule has 0 amide bonds. The molecule has 0 unspecified atom stereocenters. The Labute approximate surface area is 158 Å². The second kappa shape index (κ2) is 5.71. The van der Waals surface area contributed by atoms with Crippen molar-refractivity contribution in [2.24, 2.45) is 0 Å². The fraction of sp³-hybridized carbons (Fsp3) is 0.385. The Morgan fingerprint density at radius 2 is 1.23 bits per heavy atom. The van der Waals surface area contributed by atoms with Gasteiger partial charge in [0.05, 0.1) is 0 Å². The molecule has 0 heteroatoms. The molecular formula is C26H30. The average molecular weight is 343 g/mol. The largest absolute Gasteiger partial charge is 0.0804 e. The third kappa shape index (κ3) is 2.76. The highest BCUT2D eigenvalue weighted by atomic mass is 14.4. The summed E-state index contributed by atoms with van der Waals surface area (Å²) in [7, 11) is 0. The molecule has 0 nitrogen and oxygen atoms in total. The van der Waals surface area contributed by atoms with Crippen LogP contribution in [0.15, 0.2) is 60.2 Å². The van der Waals surface area contributed by atoms with Crippen molar-refractivity contribution < 1.29 is 0 Å². The molecule has 0 N–H and O–H groups in total. The van der Waals surface area contributed by atoms with Crippen LogP contribution in [0.5, 0.6) is 0 Å². The average Bonchev–Trinajstić information content (AvgIpc) is 3.17. The summed E-state index contributed by atoms with van der Waals surface area (Å²) in [4.78, 5) is 0. The first-order valence-electron chi connectivity index (χ1n) is 9.82. The van der Waals surface area contributed by atoms with Crippen LogP contribution >= 0.6 is 0 Å². The van der Waals surface area contributed by atoms with Crippen LogP contribution in [0.2, 0.25) is 0 Å². The zero-order valence-electron chi connectivity index (χ0n) is 17.0. The smallest absolute Gasteiger partial charge is 0.0349 e. The summed E-state index contributed by atoms with van der Waals surface area (Å²) in [6.07, 6.45) is 8.05. The van der Waals surface area contributed by atoms with Gasteiger partial charge in [-0.15, -0.1) is 0 Å². The lowest BCUT2D eigenvalue weighted by Crippen LogP contribution is -2.11. The molecule has 0 saturated carbocycles. The van der Waals surface area contributed by atoms with Gasteiger partial charge in [-0.05, 0) is 56.2 Å². The second-order valence-electron chi connectivity index (χ2n) is 9.88. The highest BCUT2D eigenvalue weighted by Crippen LogP contribution is 2.51. The topological polar surface area (TPSA) is 0 Å². The Morgan fingerprint density at radius 3 is 1.62 bits per heavy atom. The molecule has 0 bridgehead atoms. The van der Waals surface area contributed by atoms with Gasteiger partial charge in [-0.1, -0.05) is 96.2 Å². The highest BCUT2D eigenvalue weighted by molar-refractivity contribution is 5.82. The number of hydrogen-bond acceptors (Lipinski definition) is 0. The predicted octanol–water partition coefficient (Wildman–Crippen LogP) is 7.28. The van der Waals surface area contributed by atoms with Gasteiger partial charge in [-0.25, -0.2) is 0 Å². The van der Waals surface area contributed by atoms with Crippen molar-refractivity contribution in [3.8, 4) is 11.1 Å². The molecule has 26 heavy (non-hydrogen) atoms. The predicted molar refractivity (Wildman–Crippen MR) is 113 cm³/mol. The maximum absolute atomic E-state index is 2.44. The highest BCUT2D eigenvalue weighted by Gasteiger charge is 2.33. The number of rotatable bonds is 1. The summed E-state index contributed by atoms with van der Waals surface area (Å²) < 4.78 is 0. The molecule has 2 aromatic carbocycles. The summed E-state index contributed by atoms with van der Waals surface area (Å²) in [5.41, 5.74) is 10.4. The third-order valence-electron chi connectivity index (χ3n) is 5.88. The molecule has 2 aliphatic rings. The van der Waals surface area contributed by atoms with Crippen molar-refractivity contribution in [3.63, 3.8) is 0 Å². The van der Waals surface area contributed by atoms with Crippen LogP contribution in [-0.4, -0.2) is 0 Å². The van der Waals surface area contributed by atoms with Gasteiger partial charge in [-0.2, -0.15) is 0 Å². The maximum Gasteiger partial charge on any atom is 0.0349 e. The van der Waals surface area contributed by atoms with Gasteiger partial charge in [-0.3, -0.25) is 0 Å². The van der Waals surface area contributed by atoms with Gasteiger partial charge in [0, 0.05) is 5.92 Å². The number of benzene rings is 2. The van der Waals surface area contributed by atoms with Crippen molar-refractivity contribution in [1.29, 1.82) is 0 Å². The molecule has 0 aromatic heterocycles. The van der Waals surface area contributed by atoms with Gasteiger partial charge in [0.1, 0.15) is 0 Å². The minimum absolute atomic E-state index is 0.168. The van der Waals surface area contributed by atoms with Crippen molar-refractivity contribution in [2.45, 2.75) is 64.7 Å². The molecule has 134 valence electrons. The molecule has 2 aromatic rings. The molecule has 0 radical (unpaired) electrons. The first kappa shape index (κ1) is 17.3. The van der Waals surface area contributed by atoms with E-state index in [0.29, 0.717) is 5.92 Å². The molecule has 0 aliphatic heterocycles. The van der Waals surface area contributed by atoms with E-state index in [-0.39, 0.29) is 10.8 Å². The van der Waals surface area contributed by atoms with E-state index in [0.717, 1.165) is 6.42 Å². The second-order valence-corrected chi connectivity index (χ2v) is 9.88. The van der Waals surface area contributed by atoms with Gasteiger partial charge in [0.25, 0.3) is 0 Å². The van der Waals surface area contributed by atoms with Gasteiger partial charge < -0.3 is 0 Å². The molecular weight excluding hydrogens is 312 g/mol. The standard InChI is InChI=1S/C26H30/c1-25(2,3)18-11-13-20-22(15-18)23-16-19(26(4,5)6)12-14-21(23)24(20)17-9-7-8-10-17/h7,9-16,24H,8H2,1-6H3. The number of hydrogen-bond donors (Lipinski definition) is 0. The van der Waals surface area contributed by atoms with E-state index in [1.165, 1.54) is 39.0 Å². The van der Waals surface area contributed by atoms with Crippen molar-refractivity contribution >= 4 is 0 Å². The molecule has 2 aliphatic carbocycles. The van der Waals surface area contributed by atoms with Crippen LogP contribution in [0.1, 0.15) is 76.1 Å². The van der Waals surface area contributed by atoms with Crippen LogP contribution in [0.4, 0.5) is 0 Å². The number of fused-ring (bicyclic) bond motifs is 3. The summed E-state index contributed by atoms with van der Waals surface area (Å²) in [5, 5.41) is 0. The normalized spacial score (nSPS) is 16.6. The minimum Gasteiger partial charge on any atom is -0.0804 e. The molecule has 0 heterocycles. The fourth-order valence-corrected chi connectivity index (χ4v) is 4.23. The monoisotopic (exact) mass is 342 g/mol. The van der Waals surface area contributed by atoms with E-state index in [1.807, 2.05) is 0 Å². The van der Waals surface area contributed by atoms with Crippen LogP contribution in [0.25, 0.3) is 11.1 Å². The Balaban J connectivity index is 1.96. The minimum atomic E-state index is 0.168. The van der Waals surface area contributed by atoms with Crippen molar-refractivity contribution in [2.75, 3.05) is 0 Å². The van der Waals surface area contributed by atoms with Crippen LogP contribution < -0.4 is 0 Å². The quantitative estimate of drug-likeness (QED) is 0.511. The lowest BCUT2D eigenvalue weighted by Gasteiger charge is -2.21. The maximum atomic E-state index is 2.44. The lowest BCUT2D eigenvalue weighted by molar-refractivity contribution is 0.589. The van der Waals surface area contributed by atoms with Crippen molar-refractivity contribution in [3.05, 3.63) is 82.5 Å². The summed E-state index contributed by atoms with van der Waals surface area (Å²) in [6, 6.07) is 14.3. The summed E-state index contributed by atoms with van der Waals surface area (Å²) in [6.45, 7) is 13.8. The van der Waals surface area contributed by atoms with E-state index in [4.69, 9.17) is 0 Å². The Kier molecular flexibility index (Phi) is 3.81. The van der Waals surface area contributed by atoms with Crippen molar-refractivity contribution in [1.82, 2.24) is 0 Å². The summed E-state index contributed by atoms with van der Waals surface area (Å²) in [5.74, 6) is 0.391. The molecule has 0 spiro atoms. The molecule has 0 saturated heterocycles. The number of allylic oxidation sites excluding steroid dienone is 4. The first-order chi connectivity index (χ1) is 12.2. The van der Waals surface area contributed by atoms with Crippen LogP contribution in [0.3, 0.4) is 0 Å². The Hall–Kier alpha value is -2.08.